The number of ether oxygens (including phenoxy) is 1. The predicted octanol–water partition coefficient (Wildman–Crippen LogP) is 4.64. The molecule has 0 atom stereocenters. The highest BCUT2D eigenvalue weighted by molar-refractivity contribution is 6.14. The zero-order chi connectivity index (χ0) is 30.2. The summed E-state index contributed by atoms with van der Waals surface area (Å²) in [4.78, 5) is 46.3. The molecule has 2 aliphatic rings. The van der Waals surface area contributed by atoms with Gasteiger partial charge in [0.05, 0.1) is 11.3 Å². The second-order valence-electron chi connectivity index (χ2n) is 12.1. The molecule has 0 bridgehead atoms. The van der Waals surface area contributed by atoms with Crippen molar-refractivity contribution in [2.45, 2.75) is 64.1 Å². The minimum atomic E-state index is -0.526. The van der Waals surface area contributed by atoms with Gasteiger partial charge in [-0.2, -0.15) is 5.10 Å². The van der Waals surface area contributed by atoms with Gasteiger partial charge in [-0.1, -0.05) is 0 Å². The Morgan fingerprint density at radius 1 is 1.12 bits per heavy atom. The number of anilines is 3. The van der Waals surface area contributed by atoms with Crippen LogP contribution in [0.5, 0.6) is 0 Å². The van der Waals surface area contributed by atoms with E-state index in [-0.39, 0.29) is 29.6 Å². The van der Waals surface area contributed by atoms with Gasteiger partial charge >= 0.3 is 6.09 Å². The minimum Gasteiger partial charge on any atom is -0.444 e. The summed E-state index contributed by atoms with van der Waals surface area (Å²) in [6.07, 6.45) is 7.63. The Labute approximate surface area is 245 Å². The number of benzene rings is 2. The van der Waals surface area contributed by atoms with Crippen molar-refractivity contribution >= 4 is 52.5 Å². The van der Waals surface area contributed by atoms with Crippen LogP contribution in [0.4, 0.5) is 21.9 Å². The molecular weight excluding hydrogens is 534 g/mol. The average molecular weight is 574 g/mol. The van der Waals surface area contributed by atoms with Crippen LogP contribution in [0, 0.1) is 0 Å². The number of rotatable bonds is 7. The van der Waals surface area contributed by atoms with Gasteiger partial charge in [0.25, 0.3) is 5.91 Å². The number of piperidine rings is 1. The van der Waals surface area contributed by atoms with Crippen molar-refractivity contribution in [1.29, 1.82) is 0 Å². The summed E-state index contributed by atoms with van der Waals surface area (Å²) in [5.74, 6) is -0.345. The Balaban J connectivity index is 1.35. The highest BCUT2D eigenvalue weighted by atomic mass is 16.6. The maximum atomic E-state index is 13.5. The van der Waals surface area contributed by atoms with Gasteiger partial charge in [0.15, 0.2) is 6.29 Å². The number of hydrogen-bond donors (Lipinski definition) is 2. The summed E-state index contributed by atoms with van der Waals surface area (Å²) in [6.45, 7) is 7.25. The van der Waals surface area contributed by atoms with Crippen LogP contribution in [0.1, 0.15) is 72.7 Å². The molecule has 0 unspecified atom stereocenters. The molecule has 1 saturated heterocycles. The molecular formula is C31H39N7O4. The maximum Gasteiger partial charge on any atom is 0.410 e. The minimum absolute atomic E-state index is 0.136. The topological polar surface area (TPSA) is 135 Å². The third kappa shape index (κ3) is 6.09. The molecule has 3 N–H and O–H groups in total. The van der Waals surface area contributed by atoms with Crippen LogP contribution in [-0.2, 0) is 11.8 Å². The molecule has 3 aromatic rings. The largest absolute Gasteiger partial charge is 0.444 e. The lowest BCUT2D eigenvalue weighted by atomic mass is 10.0. The number of amides is 2. The summed E-state index contributed by atoms with van der Waals surface area (Å²) in [7, 11) is 3.44. The van der Waals surface area contributed by atoms with E-state index in [0.717, 1.165) is 49.8 Å². The van der Waals surface area contributed by atoms with Crippen LogP contribution in [0.2, 0.25) is 0 Å². The number of nitrogen functional groups attached to an aromatic ring is 1. The number of aldehydes is 1. The van der Waals surface area contributed by atoms with E-state index >= 15 is 0 Å². The lowest BCUT2D eigenvalue weighted by Crippen LogP contribution is -2.50. The van der Waals surface area contributed by atoms with E-state index < -0.39 is 5.60 Å². The van der Waals surface area contributed by atoms with Crippen molar-refractivity contribution in [2.75, 3.05) is 36.1 Å². The third-order valence-electron chi connectivity index (χ3n) is 7.65. The van der Waals surface area contributed by atoms with Gasteiger partial charge < -0.3 is 25.6 Å². The van der Waals surface area contributed by atoms with Gasteiger partial charge in [-0.3, -0.25) is 19.3 Å². The summed E-state index contributed by atoms with van der Waals surface area (Å²) in [5.41, 5.74) is 9.11. The fourth-order valence-corrected chi connectivity index (χ4v) is 5.63. The summed E-state index contributed by atoms with van der Waals surface area (Å²) < 4.78 is 7.44. The Bertz CT molecular complexity index is 1540. The highest BCUT2D eigenvalue weighted by Gasteiger charge is 2.41. The molecule has 1 aliphatic heterocycles. The predicted molar refractivity (Wildman–Crippen MR) is 165 cm³/mol. The highest BCUT2D eigenvalue weighted by Crippen LogP contribution is 2.36. The lowest BCUT2D eigenvalue weighted by molar-refractivity contribution is 0.0113. The number of carbonyl (C=O) groups excluding carboxylic acids is 3. The second-order valence-corrected chi connectivity index (χ2v) is 12.1. The molecule has 2 amide bonds. The molecule has 42 heavy (non-hydrogen) atoms. The van der Waals surface area contributed by atoms with Crippen molar-refractivity contribution in [1.82, 2.24) is 14.7 Å². The number of fused-ring (bicyclic) bond motifs is 1. The first-order chi connectivity index (χ1) is 20.0. The molecule has 222 valence electrons. The Morgan fingerprint density at radius 2 is 1.79 bits per heavy atom. The van der Waals surface area contributed by atoms with Crippen molar-refractivity contribution in [2.24, 2.45) is 12.0 Å². The SMILES string of the molecule is CN=Cc1cc(NC(=O)c2ccc(N3CCC(N(C(=O)OC(C)(C)C)C4CC4)CC3)c3cn(C)nc23)cc(C=O)c1N. The van der Waals surface area contributed by atoms with E-state index in [1.165, 1.54) is 0 Å². The first-order valence-corrected chi connectivity index (χ1v) is 14.3. The Kier molecular flexibility index (Phi) is 7.94. The molecule has 11 nitrogen and oxygen atoms in total. The summed E-state index contributed by atoms with van der Waals surface area (Å²) in [6, 6.07) is 7.38. The summed E-state index contributed by atoms with van der Waals surface area (Å²) in [5, 5.41) is 8.39. The number of carbonyl (C=O) groups is 3. The van der Waals surface area contributed by atoms with Gasteiger partial charge in [-0.05, 0) is 70.7 Å². The number of aryl methyl sites for hydroxylation is 1. The van der Waals surface area contributed by atoms with Gasteiger partial charge in [-0.25, -0.2) is 4.79 Å². The molecule has 2 aromatic carbocycles. The number of nitrogens with one attached hydrogen (secondary N) is 1. The van der Waals surface area contributed by atoms with Crippen LogP contribution >= 0.6 is 0 Å². The smallest absolute Gasteiger partial charge is 0.410 e. The molecule has 0 spiro atoms. The van der Waals surface area contributed by atoms with Gasteiger partial charge in [0, 0.05) is 79.6 Å². The van der Waals surface area contributed by atoms with Crippen molar-refractivity contribution < 1.29 is 19.1 Å². The maximum absolute atomic E-state index is 13.5. The molecule has 1 aromatic heterocycles. The van der Waals surface area contributed by atoms with Crippen molar-refractivity contribution in [3.05, 3.63) is 47.2 Å². The fraction of sp³-hybridized carbons (Fsp3) is 0.452. The van der Waals surface area contributed by atoms with E-state index in [0.29, 0.717) is 34.3 Å². The van der Waals surface area contributed by atoms with E-state index in [9.17, 15) is 14.4 Å². The monoisotopic (exact) mass is 573 g/mol. The summed E-state index contributed by atoms with van der Waals surface area (Å²) >= 11 is 0. The lowest BCUT2D eigenvalue weighted by Gasteiger charge is -2.40. The van der Waals surface area contributed by atoms with Crippen LogP contribution in [-0.4, -0.2) is 77.0 Å². The van der Waals surface area contributed by atoms with E-state index in [1.54, 1.807) is 36.1 Å². The molecule has 5 rings (SSSR count). The molecule has 1 saturated carbocycles. The Morgan fingerprint density at radius 3 is 2.40 bits per heavy atom. The van der Waals surface area contributed by atoms with Gasteiger partial charge in [0.1, 0.15) is 11.1 Å². The quantitative estimate of drug-likeness (QED) is 0.239. The van der Waals surface area contributed by atoms with Gasteiger partial charge in [-0.15, -0.1) is 0 Å². The average Bonchev–Trinajstić information content (AvgIpc) is 3.68. The number of hydrogen-bond acceptors (Lipinski definition) is 8. The van der Waals surface area contributed by atoms with Crippen LogP contribution in [0.3, 0.4) is 0 Å². The Hall–Kier alpha value is -4.41. The standard InChI is InChI=1S/C31H39N7O4/c1-31(2,3)42-30(41)38(22-6-7-22)23-10-12-37(13-11-23)26-9-8-24(28-25(26)17-36(5)35-28)29(40)34-21-14-19(16-33-4)27(32)20(15-21)18-39/h8-9,14-18,22-23H,6-7,10-13,32H2,1-5H3,(H,34,40). The fourth-order valence-electron chi connectivity index (χ4n) is 5.63. The second kappa shape index (κ2) is 11.5. The van der Waals surface area contributed by atoms with Crippen molar-refractivity contribution in [3.63, 3.8) is 0 Å². The van der Waals surface area contributed by atoms with Crippen LogP contribution < -0.4 is 16.0 Å². The van der Waals surface area contributed by atoms with Crippen LogP contribution in [0.25, 0.3) is 10.9 Å². The van der Waals surface area contributed by atoms with E-state index in [2.05, 4.69) is 20.3 Å². The molecule has 2 heterocycles. The van der Waals surface area contributed by atoms with E-state index in [4.69, 9.17) is 10.5 Å². The number of aliphatic imine (C=N–C) groups is 1. The van der Waals surface area contributed by atoms with Gasteiger partial charge in [0.2, 0.25) is 0 Å². The molecule has 0 radical (unpaired) electrons. The van der Waals surface area contributed by atoms with E-state index in [1.807, 2.05) is 45.0 Å². The zero-order valence-corrected chi connectivity index (χ0v) is 24.9. The third-order valence-corrected chi connectivity index (χ3v) is 7.65. The molecule has 11 heteroatoms. The number of nitrogens with two attached hydrogens (primary N) is 1. The number of aromatic nitrogens is 2. The first kappa shape index (κ1) is 29.1. The normalized spacial score (nSPS) is 16.2. The zero-order valence-electron chi connectivity index (χ0n) is 24.9. The number of nitrogens with zero attached hydrogens (tertiary/aromatic N) is 5. The molecule has 1 aliphatic carbocycles. The van der Waals surface area contributed by atoms with Crippen molar-refractivity contribution in [3.8, 4) is 0 Å². The molecule has 2 fully saturated rings. The first-order valence-electron chi connectivity index (χ1n) is 14.3. The van der Waals surface area contributed by atoms with Crippen LogP contribution in [0.15, 0.2) is 35.5 Å².